The van der Waals surface area contributed by atoms with Crippen molar-refractivity contribution in [1.82, 2.24) is 0 Å². The van der Waals surface area contributed by atoms with Gasteiger partial charge in [-0.25, -0.2) is 0 Å². The Morgan fingerprint density at radius 3 is 1.82 bits per heavy atom. The monoisotopic (exact) mass is 249 g/mol. The quantitative estimate of drug-likeness (QED) is 0.716. The van der Waals surface area contributed by atoms with Crippen LogP contribution in [0.2, 0.25) is 0 Å². The summed E-state index contributed by atoms with van der Waals surface area (Å²) >= 11 is 0. The minimum atomic E-state index is 0. The van der Waals surface area contributed by atoms with Crippen LogP contribution in [0, 0.1) is 0 Å². The zero-order chi connectivity index (χ0) is 11.5. The normalized spacial score (nSPS) is 9.65. The molecule has 0 heterocycles. The summed E-state index contributed by atoms with van der Waals surface area (Å²) in [7, 11) is 0. The van der Waals surface area contributed by atoms with E-state index in [0.29, 0.717) is 17.8 Å². The molecule has 0 aromatic heterocycles. The van der Waals surface area contributed by atoms with E-state index in [1.54, 1.807) is 0 Å². The highest BCUT2D eigenvalue weighted by molar-refractivity contribution is 5.85. The van der Waals surface area contributed by atoms with Crippen LogP contribution in [-0.4, -0.2) is 0 Å². The minimum Gasteiger partial charge on any atom is -0.398 e. The summed E-state index contributed by atoms with van der Waals surface area (Å²) in [5.41, 5.74) is 21.9. The molecule has 0 aliphatic rings. The summed E-state index contributed by atoms with van der Waals surface area (Å²) in [5.74, 6) is 0. The second-order valence-corrected chi connectivity index (χ2v) is 3.79. The number of anilines is 3. The van der Waals surface area contributed by atoms with Crippen molar-refractivity contribution in [3.63, 3.8) is 0 Å². The Morgan fingerprint density at radius 2 is 1.24 bits per heavy atom. The van der Waals surface area contributed by atoms with E-state index in [1.165, 1.54) is 0 Å². The first-order valence-electron chi connectivity index (χ1n) is 5.14. The first-order chi connectivity index (χ1) is 7.68. The Bertz CT molecular complexity index is 492. The molecule has 6 N–H and O–H groups in total. The number of para-hydroxylation sites is 1. The van der Waals surface area contributed by atoms with Gasteiger partial charge in [-0.2, -0.15) is 0 Å². The first-order valence-corrected chi connectivity index (χ1v) is 5.14. The third kappa shape index (κ3) is 2.82. The molecule has 90 valence electrons. The van der Waals surface area contributed by atoms with Crippen LogP contribution in [-0.2, 0) is 6.42 Å². The van der Waals surface area contributed by atoms with E-state index in [1.807, 2.05) is 42.5 Å². The van der Waals surface area contributed by atoms with E-state index in [4.69, 9.17) is 17.2 Å². The summed E-state index contributed by atoms with van der Waals surface area (Å²) in [6, 6.07) is 13.3. The molecule has 3 nitrogen and oxygen atoms in total. The van der Waals surface area contributed by atoms with Gasteiger partial charge < -0.3 is 17.2 Å². The molecule has 0 aliphatic heterocycles. The fraction of sp³-hybridized carbons (Fsp3) is 0.0769. The molecular weight excluding hydrogens is 234 g/mol. The summed E-state index contributed by atoms with van der Waals surface area (Å²) < 4.78 is 0. The van der Waals surface area contributed by atoms with Gasteiger partial charge in [-0.3, -0.25) is 0 Å². The zero-order valence-electron chi connectivity index (χ0n) is 9.39. The number of halogens is 1. The Morgan fingerprint density at radius 1 is 0.706 bits per heavy atom. The van der Waals surface area contributed by atoms with Crippen LogP contribution in [0.5, 0.6) is 0 Å². The lowest BCUT2D eigenvalue weighted by Crippen LogP contribution is -2.02. The maximum atomic E-state index is 5.90. The van der Waals surface area contributed by atoms with Gasteiger partial charge in [0, 0.05) is 29.0 Å². The van der Waals surface area contributed by atoms with Gasteiger partial charge >= 0.3 is 0 Å². The predicted molar refractivity (Wildman–Crippen MR) is 76.2 cm³/mol. The van der Waals surface area contributed by atoms with Crippen molar-refractivity contribution in [3.05, 3.63) is 53.6 Å². The standard InChI is InChI=1S/C13H15N3.ClH/c14-11-5-2-1-4-9(11)8-10-12(15)6-3-7-13(10)16;/h1-7H,8,14-16H2;1H. The lowest BCUT2D eigenvalue weighted by Gasteiger charge is -2.10. The molecule has 0 spiro atoms. The van der Waals surface area contributed by atoms with Crippen molar-refractivity contribution in [2.45, 2.75) is 6.42 Å². The molecule has 2 aromatic rings. The maximum absolute atomic E-state index is 5.90. The molecule has 2 aromatic carbocycles. The molecule has 0 aliphatic carbocycles. The third-order valence-electron chi connectivity index (χ3n) is 2.67. The molecule has 0 saturated carbocycles. The van der Waals surface area contributed by atoms with Gasteiger partial charge in [-0.05, 0) is 23.8 Å². The van der Waals surface area contributed by atoms with Crippen molar-refractivity contribution in [3.8, 4) is 0 Å². The molecule has 17 heavy (non-hydrogen) atoms. The molecule has 0 unspecified atom stereocenters. The average molecular weight is 250 g/mol. The molecule has 0 atom stereocenters. The molecule has 2 rings (SSSR count). The van der Waals surface area contributed by atoms with E-state index >= 15 is 0 Å². The smallest absolute Gasteiger partial charge is 0.0370 e. The van der Waals surface area contributed by atoms with Gasteiger partial charge in [-0.15, -0.1) is 12.4 Å². The fourth-order valence-corrected chi connectivity index (χ4v) is 1.71. The van der Waals surface area contributed by atoms with Crippen molar-refractivity contribution >= 4 is 29.5 Å². The molecule has 4 heteroatoms. The first kappa shape index (κ1) is 13.2. The van der Waals surface area contributed by atoms with Crippen LogP contribution in [0.1, 0.15) is 11.1 Å². The highest BCUT2D eigenvalue weighted by Crippen LogP contribution is 2.24. The van der Waals surface area contributed by atoms with Gasteiger partial charge in [0.2, 0.25) is 0 Å². The van der Waals surface area contributed by atoms with Crippen molar-refractivity contribution in [2.24, 2.45) is 0 Å². The van der Waals surface area contributed by atoms with Gasteiger partial charge in [0.25, 0.3) is 0 Å². The molecule has 0 fully saturated rings. The van der Waals surface area contributed by atoms with Crippen LogP contribution in [0.15, 0.2) is 42.5 Å². The molecule has 0 radical (unpaired) electrons. The second-order valence-electron chi connectivity index (χ2n) is 3.79. The number of nitrogen functional groups attached to an aromatic ring is 3. The maximum Gasteiger partial charge on any atom is 0.0370 e. The van der Waals surface area contributed by atoms with E-state index in [0.717, 1.165) is 16.8 Å². The Labute approximate surface area is 107 Å². The lowest BCUT2D eigenvalue weighted by molar-refractivity contribution is 1.20. The molecular formula is C13H16ClN3. The van der Waals surface area contributed by atoms with Crippen LogP contribution >= 0.6 is 12.4 Å². The van der Waals surface area contributed by atoms with E-state index < -0.39 is 0 Å². The van der Waals surface area contributed by atoms with Crippen LogP contribution in [0.3, 0.4) is 0 Å². The summed E-state index contributed by atoms with van der Waals surface area (Å²) in [5, 5.41) is 0. The van der Waals surface area contributed by atoms with Gasteiger partial charge in [0.1, 0.15) is 0 Å². The Kier molecular flexibility index (Phi) is 4.24. The third-order valence-corrected chi connectivity index (χ3v) is 2.67. The topological polar surface area (TPSA) is 78.1 Å². The fourth-order valence-electron chi connectivity index (χ4n) is 1.71. The van der Waals surface area contributed by atoms with E-state index in [9.17, 15) is 0 Å². The van der Waals surface area contributed by atoms with Crippen LogP contribution < -0.4 is 17.2 Å². The molecule has 0 saturated heterocycles. The minimum absolute atomic E-state index is 0. The average Bonchev–Trinajstić information content (AvgIpc) is 2.26. The molecule has 0 amide bonds. The van der Waals surface area contributed by atoms with Gasteiger partial charge in [0.05, 0.1) is 0 Å². The second kappa shape index (κ2) is 5.46. The Hall–Kier alpha value is -1.87. The lowest BCUT2D eigenvalue weighted by atomic mass is 10.0. The van der Waals surface area contributed by atoms with Crippen LogP contribution in [0.4, 0.5) is 17.1 Å². The summed E-state index contributed by atoms with van der Waals surface area (Å²) in [6.45, 7) is 0. The number of hydrogen-bond acceptors (Lipinski definition) is 3. The molecule has 0 bridgehead atoms. The van der Waals surface area contributed by atoms with Crippen molar-refractivity contribution < 1.29 is 0 Å². The highest BCUT2D eigenvalue weighted by Gasteiger charge is 2.06. The summed E-state index contributed by atoms with van der Waals surface area (Å²) in [4.78, 5) is 0. The SMILES string of the molecule is Cl.Nc1ccccc1Cc1c(N)cccc1N. The van der Waals surface area contributed by atoms with Gasteiger partial charge in [0.15, 0.2) is 0 Å². The van der Waals surface area contributed by atoms with Gasteiger partial charge in [-0.1, -0.05) is 24.3 Å². The zero-order valence-corrected chi connectivity index (χ0v) is 10.2. The van der Waals surface area contributed by atoms with E-state index in [-0.39, 0.29) is 12.4 Å². The largest absolute Gasteiger partial charge is 0.398 e. The predicted octanol–water partition coefficient (Wildman–Crippen LogP) is 2.45. The number of benzene rings is 2. The number of rotatable bonds is 2. The van der Waals surface area contributed by atoms with E-state index in [2.05, 4.69) is 0 Å². The number of nitrogens with two attached hydrogens (primary N) is 3. The highest BCUT2D eigenvalue weighted by atomic mass is 35.5. The number of hydrogen-bond donors (Lipinski definition) is 3. The Balaban J connectivity index is 0.00000144. The van der Waals surface area contributed by atoms with Crippen molar-refractivity contribution in [1.29, 1.82) is 0 Å². The summed E-state index contributed by atoms with van der Waals surface area (Å²) in [6.07, 6.45) is 0.672. The van der Waals surface area contributed by atoms with Crippen LogP contribution in [0.25, 0.3) is 0 Å². The van der Waals surface area contributed by atoms with Crippen molar-refractivity contribution in [2.75, 3.05) is 17.2 Å².